The zero-order chi connectivity index (χ0) is 11.4. The van der Waals surface area contributed by atoms with Crippen molar-refractivity contribution in [2.24, 2.45) is 0 Å². The SMILES string of the molecule is COc1cccc(Cn2cnc(C=O)c2)n1. The summed E-state index contributed by atoms with van der Waals surface area (Å²) in [7, 11) is 1.58. The van der Waals surface area contributed by atoms with Crippen LogP contribution < -0.4 is 4.74 Å². The quantitative estimate of drug-likeness (QED) is 0.721. The fraction of sp³-hybridized carbons (Fsp3) is 0.182. The number of imidazole rings is 1. The molecule has 5 nitrogen and oxygen atoms in total. The van der Waals surface area contributed by atoms with Crippen molar-refractivity contribution < 1.29 is 9.53 Å². The van der Waals surface area contributed by atoms with Gasteiger partial charge in [0, 0.05) is 12.3 Å². The van der Waals surface area contributed by atoms with Gasteiger partial charge in [-0.2, -0.15) is 0 Å². The second-order valence-electron chi connectivity index (χ2n) is 3.26. The van der Waals surface area contributed by atoms with Crippen molar-refractivity contribution in [1.82, 2.24) is 14.5 Å². The molecule has 0 unspecified atom stereocenters. The largest absolute Gasteiger partial charge is 0.481 e. The molecule has 0 saturated carbocycles. The summed E-state index contributed by atoms with van der Waals surface area (Å²) in [6.45, 7) is 0.568. The topological polar surface area (TPSA) is 57.0 Å². The summed E-state index contributed by atoms with van der Waals surface area (Å²) < 4.78 is 6.82. The van der Waals surface area contributed by atoms with Gasteiger partial charge in [-0.05, 0) is 6.07 Å². The lowest BCUT2D eigenvalue weighted by molar-refractivity contribution is 0.111. The number of aromatic nitrogens is 3. The molecule has 0 amide bonds. The zero-order valence-electron chi connectivity index (χ0n) is 8.83. The summed E-state index contributed by atoms with van der Waals surface area (Å²) in [5.74, 6) is 0.577. The summed E-state index contributed by atoms with van der Waals surface area (Å²) in [4.78, 5) is 18.6. The minimum atomic E-state index is 0.419. The van der Waals surface area contributed by atoms with Gasteiger partial charge < -0.3 is 9.30 Å². The monoisotopic (exact) mass is 217 g/mol. The molecule has 82 valence electrons. The van der Waals surface area contributed by atoms with Crippen LogP contribution in [0.3, 0.4) is 0 Å². The Morgan fingerprint density at radius 1 is 1.50 bits per heavy atom. The van der Waals surface area contributed by atoms with Crippen molar-refractivity contribution in [3.63, 3.8) is 0 Å². The standard InChI is InChI=1S/C11H11N3O2/c1-16-11-4-2-3-9(13-11)5-14-6-10(7-15)12-8-14/h2-4,6-8H,5H2,1H3. The van der Waals surface area contributed by atoms with Crippen molar-refractivity contribution in [3.8, 4) is 5.88 Å². The maximum absolute atomic E-state index is 10.5. The van der Waals surface area contributed by atoms with E-state index in [4.69, 9.17) is 4.74 Å². The molecule has 0 bridgehead atoms. The molecule has 0 aliphatic heterocycles. The van der Waals surface area contributed by atoms with Gasteiger partial charge in [0.05, 0.1) is 25.7 Å². The van der Waals surface area contributed by atoms with Gasteiger partial charge >= 0.3 is 0 Å². The van der Waals surface area contributed by atoms with Crippen LogP contribution in [0.5, 0.6) is 5.88 Å². The highest BCUT2D eigenvalue weighted by molar-refractivity contribution is 5.70. The number of nitrogens with zero attached hydrogens (tertiary/aromatic N) is 3. The summed E-state index contributed by atoms with van der Waals surface area (Å²) in [6.07, 6.45) is 3.99. The van der Waals surface area contributed by atoms with Crippen molar-refractivity contribution in [1.29, 1.82) is 0 Å². The molecule has 16 heavy (non-hydrogen) atoms. The van der Waals surface area contributed by atoms with Crippen LogP contribution in [0, 0.1) is 0 Å². The number of aldehydes is 1. The Labute approximate surface area is 92.7 Å². The van der Waals surface area contributed by atoms with Gasteiger partial charge in [0.25, 0.3) is 0 Å². The number of hydrogen-bond acceptors (Lipinski definition) is 4. The Morgan fingerprint density at radius 2 is 2.38 bits per heavy atom. The number of ether oxygens (including phenoxy) is 1. The van der Waals surface area contributed by atoms with Crippen LogP contribution in [0.25, 0.3) is 0 Å². The van der Waals surface area contributed by atoms with Crippen LogP contribution in [0.4, 0.5) is 0 Å². The molecule has 0 aliphatic carbocycles. The van der Waals surface area contributed by atoms with E-state index in [1.54, 1.807) is 30.3 Å². The third-order valence-corrected chi connectivity index (χ3v) is 2.11. The van der Waals surface area contributed by atoms with Crippen LogP contribution in [-0.4, -0.2) is 27.9 Å². The third kappa shape index (κ3) is 2.25. The smallest absolute Gasteiger partial charge is 0.213 e. The first-order chi connectivity index (χ1) is 7.81. The molecule has 2 aromatic heterocycles. The van der Waals surface area contributed by atoms with E-state index in [1.807, 2.05) is 12.1 Å². The van der Waals surface area contributed by atoms with E-state index in [0.29, 0.717) is 18.1 Å². The molecule has 0 aromatic carbocycles. The Bertz CT molecular complexity index is 493. The molecule has 0 aliphatic rings. The van der Waals surface area contributed by atoms with Crippen LogP contribution in [0.2, 0.25) is 0 Å². The van der Waals surface area contributed by atoms with Crippen LogP contribution in [-0.2, 0) is 6.54 Å². The van der Waals surface area contributed by atoms with Crippen molar-refractivity contribution in [2.45, 2.75) is 6.54 Å². The average Bonchev–Trinajstić information content (AvgIpc) is 2.77. The highest BCUT2D eigenvalue weighted by atomic mass is 16.5. The molecule has 2 aromatic rings. The zero-order valence-corrected chi connectivity index (χ0v) is 8.83. The first-order valence-corrected chi connectivity index (χ1v) is 4.78. The van der Waals surface area contributed by atoms with E-state index < -0.39 is 0 Å². The van der Waals surface area contributed by atoms with Crippen LogP contribution in [0.15, 0.2) is 30.7 Å². The Balaban J connectivity index is 2.16. The predicted molar refractivity (Wildman–Crippen MR) is 57.5 cm³/mol. The molecule has 0 radical (unpaired) electrons. The second kappa shape index (κ2) is 4.57. The van der Waals surface area contributed by atoms with E-state index in [1.165, 1.54) is 0 Å². The lowest BCUT2D eigenvalue weighted by Crippen LogP contribution is -2.00. The predicted octanol–water partition coefficient (Wildman–Crippen LogP) is 1.15. The summed E-state index contributed by atoms with van der Waals surface area (Å²) in [6, 6.07) is 5.55. The van der Waals surface area contributed by atoms with Crippen LogP contribution in [0.1, 0.15) is 16.2 Å². The molecule has 0 atom stereocenters. The number of carbonyl (C=O) groups excluding carboxylic acids is 1. The number of hydrogen-bond donors (Lipinski definition) is 0. The summed E-state index contributed by atoms with van der Waals surface area (Å²) in [5, 5.41) is 0. The molecule has 2 heterocycles. The maximum Gasteiger partial charge on any atom is 0.213 e. The van der Waals surface area contributed by atoms with Gasteiger partial charge in [-0.1, -0.05) is 6.07 Å². The number of rotatable bonds is 4. The lowest BCUT2D eigenvalue weighted by atomic mass is 10.3. The normalized spacial score (nSPS) is 10.1. The number of carbonyl (C=O) groups is 1. The Kier molecular flexibility index (Phi) is 2.95. The van der Waals surface area contributed by atoms with E-state index >= 15 is 0 Å². The third-order valence-electron chi connectivity index (χ3n) is 2.11. The summed E-state index contributed by atoms with van der Waals surface area (Å²) in [5.41, 5.74) is 1.28. The van der Waals surface area contributed by atoms with Crippen molar-refractivity contribution >= 4 is 6.29 Å². The number of pyridine rings is 1. The van der Waals surface area contributed by atoms with E-state index in [9.17, 15) is 4.79 Å². The van der Waals surface area contributed by atoms with Gasteiger partial charge in [0.15, 0.2) is 6.29 Å². The van der Waals surface area contributed by atoms with Gasteiger partial charge in [-0.3, -0.25) is 4.79 Å². The Morgan fingerprint density at radius 3 is 3.06 bits per heavy atom. The van der Waals surface area contributed by atoms with E-state index in [2.05, 4.69) is 9.97 Å². The first-order valence-electron chi connectivity index (χ1n) is 4.78. The molecule has 2 rings (SSSR count). The van der Waals surface area contributed by atoms with E-state index in [-0.39, 0.29) is 0 Å². The fourth-order valence-electron chi connectivity index (χ4n) is 1.37. The fourth-order valence-corrected chi connectivity index (χ4v) is 1.37. The summed E-state index contributed by atoms with van der Waals surface area (Å²) >= 11 is 0. The van der Waals surface area contributed by atoms with Gasteiger partial charge in [0.2, 0.25) is 5.88 Å². The highest BCUT2D eigenvalue weighted by Crippen LogP contribution is 2.08. The molecule has 0 N–H and O–H groups in total. The molecule has 0 spiro atoms. The molecule has 5 heteroatoms. The molecular weight excluding hydrogens is 206 g/mol. The average molecular weight is 217 g/mol. The van der Waals surface area contributed by atoms with Gasteiger partial charge in [-0.15, -0.1) is 0 Å². The van der Waals surface area contributed by atoms with Crippen molar-refractivity contribution in [2.75, 3.05) is 7.11 Å². The first kappa shape index (κ1) is 10.4. The maximum atomic E-state index is 10.5. The number of methoxy groups -OCH3 is 1. The van der Waals surface area contributed by atoms with Gasteiger partial charge in [0.1, 0.15) is 5.69 Å². The lowest BCUT2D eigenvalue weighted by Gasteiger charge is -2.03. The van der Waals surface area contributed by atoms with E-state index in [0.717, 1.165) is 12.0 Å². The van der Waals surface area contributed by atoms with Crippen molar-refractivity contribution in [3.05, 3.63) is 42.1 Å². The minimum Gasteiger partial charge on any atom is -0.481 e. The molecule has 0 fully saturated rings. The molecular formula is C11H11N3O2. The Hall–Kier alpha value is -2.17. The van der Waals surface area contributed by atoms with Gasteiger partial charge in [-0.25, -0.2) is 9.97 Å². The second-order valence-corrected chi connectivity index (χ2v) is 3.26. The van der Waals surface area contributed by atoms with Crippen LogP contribution >= 0.6 is 0 Å². The minimum absolute atomic E-state index is 0.419. The molecule has 0 saturated heterocycles. The highest BCUT2D eigenvalue weighted by Gasteiger charge is 2.00.